The largest absolute Gasteiger partial charge is 0.299 e. The van der Waals surface area contributed by atoms with Crippen LogP contribution in [0.1, 0.15) is 44.5 Å². The van der Waals surface area contributed by atoms with E-state index in [1.54, 1.807) is 12.1 Å². The molecule has 0 fully saturated rings. The summed E-state index contributed by atoms with van der Waals surface area (Å²) in [6, 6.07) is 9.19. The predicted molar refractivity (Wildman–Crippen MR) is 73.6 cm³/mol. The molecule has 1 aromatic rings. The van der Waals surface area contributed by atoms with Crippen molar-refractivity contribution in [2.75, 3.05) is 0 Å². The van der Waals surface area contributed by atoms with Gasteiger partial charge in [0.05, 0.1) is 0 Å². The van der Waals surface area contributed by atoms with Gasteiger partial charge in [0, 0.05) is 23.8 Å². The van der Waals surface area contributed by atoms with Gasteiger partial charge in [-0.2, -0.15) is 0 Å². The van der Waals surface area contributed by atoms with Crippen LogP contribution in [0, 0.1) is 17.8 Å². The number of rotatable bonds is 6. The smallest absolute Gasteiger partial charge is 0.163 e. The van der Waals surface area contributed by atoms with Crippen molar-refractivity contribution in [3.8, 4) is 0 Å². The van der Waals surface area contributed by atoms with Gasteiger partial charge >= 0.3 is 0 Å². The van der Waals surface area contributed by atoms with E-state index in [-0.39, 0.29) is 29.3 Å². The number of carbonyl (C=O) groups excluding carboxylic acids is 2. The fraction of sp³-hybridized carbons (Fsp3) is 0.500. The molecule has 0 amide bonds. The minimum atomic E-state index is -0.169. The fourth-order valence-electron chi connectivity index (χ4n) is 2.03. The first-order chi connectivity index (χ1) is 8.43. The summed E-state index contributed by atoms with van der Waals surface area (Å²) in [6.07, 6.45) is 0.318. The van der Waals surface area contributed by atoms with Crippen LogP contribution in [0.2, 0.25) is 0 Å². The summed E-state index contributed by atoms with van der Waals surface area (Å²) in [5.74, 6) is 0.267. The summed E-state index contributed by atoms with van der Waals surface area (Å²) < 4.78 is 0. The van der Waals surface area contributed by atoms with E-state index >= 15 is 0 Å². The van der Waals surface area contributed by atoms with E-state index in [1.165, 1.54) is 0 Å². The molecule has 0 aromatic heterocycles. The maximum atomic E-state index is 12.1. The first-order valence-electron chi connectivity index (χ1n) is 6.55. The number of ketones is 2. The van der Waals surface area contributed by atoms with Crippen molar-refractivity contribution in [2.45, 2.75) is 34.1 Å². The van der Waals surface area contributed by atoms with Crippen LogP contribution in [0.25, 0.3) is 0 Å². The molecule has 98 valence electrons. The van der Waals surface area contributed by atoms with Gasteiger partial charge in [0.1, 0.15) is 5.78 Å². The third-order valence-electron chi connectivity index (χ3n) is 3.24. The Morgan fingerprint density at radius 2 is 1.56 bits per heavy atom. The fourth-order valence-corrected chi connectivity index (χ4v) is 2.03. The van der Waals surface area contributed by atoms with Gasteiger partial charge in [-0.25, -0.2) is 0 Å². The Balaban J connectivity index is 2.79. The summed E-state index contributed by atoms with van der Waals surface area (Å²) in [7, 11) is 0. The maximum Gasteiger partial charge on any atom is 0.163 e. The third-order valence-corrected chi connectivity index (χ3v) is 3.24. The highest BCUT2D eigenvalue weighted by atomic mass is 16.1. The molecule has 0 aliphatic heterocycles. The van der Waals surface area contributed by atoms with Gasteiger partial charge in [-0.3, -0.25) is 9.59 Å². The van der Waals surface area contributed by atoms with Gasteiger partial charge in [-0.05, 0) is 5.92 Å². The maximum absolute atomic E-state index is 12.1. The van der Waals surface area contributed by atoms with Gasteiger partial charge in [0.2, 0.25) is 0 Å². The standard InChI is InChI=1S/C16H22O2/c1-11(2)14(16(18)12(3)4)10-15(17)13-8-6-5-7-9-13/h5-9,11-12,14H,10H2,1-4H3. The average Bonchev–Trinajstić information content (AvgIpc) is 2.35. The molecule has 0 radical (unpaired) electrons. The van der Waals surface area contributed by atoms with E-state index in [2.05, 4.69) is 0 Å². The topological polar surface area (TPSA) is 34.1 Å². The number of hydrogen-bond acceptors (Lipinski definition) is 2. The number of carbonyl (C=O) groups is 2. The van der Waals surface area contributed by atoms with Crippen LogP contribution in [-0.4, -0.2) is 11.6 Å². The Labute approximate surface area is 109 Å². The van der Waals surface area contributed by atoms with Crippen molar-refractivity contribution in [3.63, 3.8) is 0 Å². The molecule has 0 bridgehead atoms. The van der Waals surface area contributed by atoms with Crippen LogP contribution in [0.15, 0.2) is 30.3 Å². The Kier molecular flexibility index (Phi) is 5.26. The number of benzene rings is 1. The minimum absolute atomic E-state index is 0.0130. The summed E-state index contributed by atoms with van der Waals surface area (Å²) >= 11 is 0. The van der Waals surface area contributed by atoms with Crippen molar-refractivity contribution in [1.29, 1.82) is 0 Å². The van der Waals surface area contributed by atoms with Crippen molar-refractivity contribution in [3.05, 3.63) is 35.9 Å². The van der Waals surface area contributed by atoms with Crippen LogP contribution in [0.3, 0.4) is 0 Å². The zero-order chi connectivity index (χ0) is 13.7. The lowest BCUT2D eigenvalue weighted by Crippen LogP contribution is -2.27. The van der Waals surface area contributed by atoms with Crippen LogP contribution in [-0.2, 0) is 4.79 Å². The second-order valence-corrected chi connectivity index (χ2v) is 5.40. The molecule has 2 nitrogen and oxygen atoms in total. The summed E-state index contributed by atoms with van der Waals surface area (Å²) in [5.41, 5.74) is 0.694. The molecule has 1 rings (SSSR count). The third kappa shape index (κ3) is 3.80. The second-order valence-electron chi connectivity index (χ2n) is 5.40. The number of Topliss-reactive ketones (excluding diaryl/α,β-unsaturated/α-hetero) is 2. The molecule has 0 saturated carbocycles. The van der Waals surface area contributed by atoms with Crippen molar-refractivity contribution < 1.29 is 9.59 Å². The van der Waals surface area contributed by atoms with Crippen LogP contribution >= 0.6 is 0 Å². The Morgan fingerprint density at radius 3 is 2.00 bits per heavy atom. The first kappa shape index (κ1) is 14.6. The zero-order valence-electron chi connectivity index (χ0n) is 11.6. The molecule has 0 spiro atoms. The van der Waals surface area contributed by atoms with E-state index < -0.39 is 0 Å². The lowest BCUT2D eigenvalue weighted by Gasteiger charge is -2.20. The van der Waals surface area contributed by atoms with Crippen molar-refractivity contribution >= 4 is 11.6 Å². The molecular formula is C16H22O2. The molecule has 2 heteroatoms. The Morgan fingerprint density at radius 1 is 1.00 bits per heavy atom. The zero-order valence-corrected chi connectivity index (χ0v) is 11.6. The molecule has 0 N–H and O–H groups in total. The molecule has 1 aromatic carbocycles. The van der Waals surface area contributed by atoms with Crippen LogP contribution in [0.4, 0.5) is 0 Å². The second kappa shape index (κ2) is 6.48. The van der Waals surface area contributed by atoms with E-state index in [9.17, 15) is 9.59 Å². The lowest BCUT2D eigenvalue weighted by atomic mass is 9.82. The average molecular weight is 246 g/mol. The lowest BCUT2D eigenvalue weighted by molar-refractivity contribution is -0.127. The van der Waals surface area contributed by atoms with Gasteiger partial charge in [0.15, 0.2) is 5.78 Å². The normalized spacial score (nSPS) is 12.8. The highest BCUT2D eigenvalue weighted by molar-refractivity contribution is 5.99. The summed E-state index contributed by atoms with van der Waals surface area (Å²) in [4.78, 5) is 24.2. The molecule has 0 heterocycles. The summed E-state index contributed by atoms with van der Waals surface area (Å²) in [6.45, 7) is 7.79. The molecule has 0 saturated heterocycles. The Hall–Kier alpha value is -1.44. The SMILES string of the molecule is CC(C)C(=O)C(CC(=O)c1ccccc1)C(C)C. The molecule has 1 atom stereocenters. The highest BCUT2D eigenvalue weighted by Gasteiger charge is 2.27. The molecular weight excluding hydrogens is 224 g/mol. The van der Waals surface area contributed by atoms with E-state index in [1.807, 2.05) is 45.9 Å². The highest BCUT2D eigenvalue weighted by Crippen LogP contribution is 2.22. The van der Waals surface area contributed by atoms with Crippen molar-refractivity contribution in [2.24, 2.45) is 17.8 Å². The molecule has 1 unspecified atom stereocenters. The van der Waals surface area contributed by atoms with E-state index in [0.717, 1.165) is 0 Å². The molecule has 0 aliphatic rings. The van der Waals surface area contributed by atoms with Gasteiger partial charge < -0.3 is 0 Å². The van der Waals surface area contributed by atoms with Gasteiger partial charge in [-0.1, -0.05) is 58.0 Å². The minimum Gasteiger partial charge on any atom is -0.299 e. The van der Waals surface area contributed by atoms with E-state index in [4.69, 9.17) is 0 Å². The van der Waals surface area contributed by atoms with Gasteiger partial charge in [-0.15, -0.1) is 0 Å². The van der Waals surface area contributed by atoms with Crippen LogP contribution < -0.4 is 0 Å². The quantitative estimate of drug-likeness (QED) is 0.716. The predicted octanol–water partition coefficient (Wildman–Crippen LogP) is 3.76. The molecule has 18 heavy (non-hydrogen) atoms. The molecule has 0 aliphatic carbocycles. The number of hydrogen-bond donors (Lipinski definition) is 0. The first-order valence-corrected chi connectivity index (χ1v) is 6.55. The summed E-state index contributed by atoms with van der Waals surface area (Å²) in [5, 5.41) is 0. The van der Waals surface area contributed by atoms with Crippen molar-refractivity contribution in [1.82, 2.24) is 0 Å². The Bertz CT molecular complexity index is 404. The van der Waals surface area contributed by atoms with Gasteiger partial charge in [0.25, 0.3) is 0 Å². The van der Waals surface area contributed by atoms with E-state index in [0.29, 0.717) is 12.0 Å². The monoisotopic (exact) mass is 246 g/mol. The van der Waals surface area contributed by atoms with Crippen LogP contribution in [0.5, 0.6) is 0 Å².